The van der Waals surface area contributed by atoms with E-state index >= 15 is 0 Å². The van der Waals surface area contributed by atoms with Crippen LogP contribution in [0.4, 0.5) is 5.69 Å². The molecule has 1 fully saturated rings. The summed E-state index contributed by atoms with van der Waals surface area (Å²) in [7, 11) is 1.83. The third kappa shape index (κ3) is 3.23. The number of nitrogens with zero attached hydrogens (tertiary/aromatic N) is 1. The Morgan fingerprint density at radius 1 is 1.28 bits per heavy atom. The van der Waals surface area contributed by atoms with Crippen LogP contribution in [0.5, 0.6) is 0 Å². The molecule has 1 heterocycles. The molecular formula is C14H21N3O. The van der Waals surface area contributed by atoms with Gasteiger partial charge in [0.05, 0.1) is 5.56 Å². The molecule has 0 bridgehead atoms. The van der Waals surface area contributed by atoms with Crippen molar-refractivity contribution >= 4 is 11.6 Å². The van der Waals surface area contributed by atoms with Gasteiger partial charge in [0.2, 0.25) is 0 Å². The molecule has 0 unspecified atom stereocenters. The molecule has 2 N–H and O–H groups in total. The first kappa shape index (κ1) is 12.9. The van der Waals surface area contributed by atoms with Crippen LogP contribution in [0.2, 0.25) is 0 Å². The molecule has 1 aromatic carbocycles. The van der Waals surface area contributed by atoms with Crippen molar-refractivity contribution in [2.75, 3.05) is 38.5 Å². The second-order valence-electron chi connectivity index (χ2n) is 4.60. The van der Waals surface area contributed by atoms with E-state index in [9.17, 15) is 4.79 Å². The van der Waals surface area contributed by atoms with E-state index in [1.54, 1.807) is 0 Å². The summed E-state index contributed by atoms with van der Waals surface area (Å²) in [5.74, 6) is -0.000790. The molecule has 2 rings (SSSR count). The summed E-state index contributed by atoms with van der Waals surface area (Å²) in [6, 6.07) is 7.56. The number of carbonyl (C=O) groups excluding carboxylic acids is 1. The second-order valence-corrected chi connectivity index (χ2v) is 4.60. The first-order valence-corrected chi connectivity index (χ1v) is 6.58. The Balaban J connectivity index is 1.83. The molecule has 1 aliphatic heterocycles. The molecule has 1 aromatic rings. The zero-order valence-electron chi connectivity index (χ0n) is 10.9. The summed E-state index contributed by atoms with van der Waals surface area (Å²) >= 11 is 0. The zero-order valence-corrected chi connectivity index (χ0v) is 10.9. The standard InChI is InChI=1S/C14H21N3O/c1-15-13-7-3-2-6-12(13)14(18)16-8-11-17-9-4-5-10-17/h2-3,6-7,15H,4-5,8-11H2,1H3,(H,16,18). The van der Waals surface area contributed by atoms with Gasteiger partial charge in [0.1, 0.15) is 0 Å². The number of likely N-dealkylation sites (tertiary alicyclic amines) is 1. The van der Waals surface area contributed by atoms with Crippen LogP contribution in [-0.2, 0) is 0 Å². The van der Waals surface area contributed by atoms with Gasteiger partial charge in [0, 0.05) is 25.8 Å². The maximum atomic E-state index is 12.0. The molecule has 1 aliphatic rings. The van der Waals surface area contributed by atoms with Crippen molar-refractivity contribution in [3.8, 4) is 0 Å². The van der Waals surface area contributed by atoms with Gasteiger partial charge in [-0.25, -0.2) is 0 Å². The second kappa shape index (κ2) is 6.40. The van der Waals surface area contributed by atoms with Gasteiger partial charge >= 0.3 is 0 Å². The number of hydrogen-bond donors (Lipinski definition) is 2. The summed E-state index contributed by atoms with van der Waals surface area (Å²) in [5.41, 5.74) is 1.58. The van der Waals surface area contributed by atoms with E-state index in [0.29, 0.717) is 5.56 Å². The van der Waals surface area contributed by atoms with E-state index in [0.717, 1.165) is 18.8 Å². The lowest BCUT2D eigenvalue weighted by Gasteiger charge is -2.15. The average Bonchev–Trinajstić information content (AvgIpc) is 2.91. The van der Waals surface area contributed by atoms with Crippen molar-refractivity contribution in [2.24, 2.45) is 0 Å². The molecule has 0 aliphatic carbocycles. The Labute approximate surface area is 108 Å². The van der Waals surface area contributed by atoms with Crippen molar-refractivity contribution in [1.82, 2.24) is 10.2 Å². The number of rotatable bonds is 5. The number of anilines is 1. The van der Waals surface area contributed by atoms with E-state index in [4.69, 9.17) is 0 Å². The Morgan fingerprint density at radius 2 is 2.00 bits per heavy atom. The fourth-order valence-corrected chi connectivity index (χ4v) is 2.33. The molecule has 0 spiro atoms. The smallest absolute Gasteiger partial charge is 0.253 e. The summed E-state index contributed by atoms with van der Waals surface area (Å²) in [4.78, 5) is 14.4. The highest BCUT2D eigenvalue weighted by Gasteiger charge is 2.12. The molecule has 98 valence electrons. The van der Waals surface area contributed by atoms with E-state index < -0.39 is 0 Å². The number of para-hydroxylation sites is 1. The van der Waals surface area contributed by atoms with E-state index in [1.165, 1.54) is 25.9 Å². The quantitative estimate of drug-likeness (QED) is 0.830. The van der Waals surface area contributed by atoms with Gasteiger partial charge in [-0.1, -0.05) is 12.1 Å². The molecule has 4 nitrogen and oxygen atoms in total. The van der Waals surface area contributed by atoms with Crippen molar-refractivity contribution in [3.05, 3.63) is 29.8 Å². The van der Waals surface area contributed by atoms with Crippen molar-refractivity contribution < 1.29 is 4.79 Å². The zero-order chi connectivity index (χ0) is 12.8. The largest absolute Gasteiger partial charge is 0.387 e. The lowest BCUT2D eigenvalue weighted by molar-refractivity contribution is 0.0950. The van der Waals surface area contributed by atoms with E-state index in [1.807, 2.05) is 31.3 Å². The fourth-order valence-electron chi connectivity index (χ4n) is 2.33. The summed E-state index contributed by atoms with van der Waals surface area (Å²) in [6.45, 7) is 4.01. The van der Waals surface area contributed by atoms with Gasteiger partial charge in [0.15, 0.2) is 0 Å². The average molecular weight is 247 g/mol. The van der Waals surface area contributed by atoms with Crippen LogP contribution >= 0.6 is 0 Å². The normalized spacial score (nSPS) is 15.6. The third-order valence-electron chi connectivity index (χ3n) is 3.35. The highest BCUT2D eigenvalue weighted by atomic mass is 16.1. The van der Waals surface area contributed by atoms with Gasteiger partial charge in [0.25, 0.3) is 5.91 Å². The first-order valence-electron chi connectivity index (χ1n) is 6.58. The van der Waals surface area contributed by atoms with Crippen molar-refractivity contribution in [2.45, 2.75) is 12.8 Å². The lowest BCUT2D eigenvalue weighted by atomic mass is 10.1. The third-order valence-corrected chi connectivity index (χ3v) is 3.35. The molecule has 1 amide bonds. The maximum absolute atomic E-state index is 12.0. The first-order chi connectivity index (χ1) is 8.81. The van der Waals surface area contributed by atoms with Crippen LogP contribution in [0.15, 0.2) is 24.3 Å². The Hall–Kier alpha value is -1.55. The number of benzene rings is 1. The van der Waals surface area contributed by atoms with Crippen LogP contribution in [-0.4, -0.2) is 44.0 Å². The molecular weight excluding hydrogens is 226 g/mol. The summed E-state index contributed by atoms with van der Waals surface area (Å²) < 4.78 is 0. The van der Waals surface area contributed by atoms with E-state index in [2.05, 4.69) is 15.5 Å². The van der Waals surface area contributed by atoms with Crippen LogP contribution in [0, 0.1) is 0 Å². The van der Waals surface area contributed by atoms with Crippen LogP contribution in [0.1, 0.15) is 23.2 Å². The number of nitrogens with one attached hydrogen (secondary N) is 2. The highest BCUT2D eigenvalue weighted by molar-refractivity contribution is 5.99. The summed E-state index contributed by atoms with van der Waals surface area (Å²) in [6.07, 6.45) is 2.58. The van der Waals surface area contributed by atoms with Crippen LogP contribution in [0.25, 0.3) is 0 Å². The number of amides is 1. The predicted octanol–water partition coefficient (Wildman–Crippen LogP) is 1.55. The minimum atomic E-state index is -0.000790. The SMILES string of the molecule is CNc1ccccc1C(=O)NCCN1CCCC1. The number of hydrogen-bond acceptors (Lipinski definition) is 3. The van der Waals surface area contributed by atoms with Gasteiger partial charge in [-0.15, -0.1) is 0 Å². The Kier molecular flexibility index (Phi) is 4.59. The van der Waals surface area contributed by atoms with Crippen molar-refractivity contribution in [1.29, 1.82) is 0 Å². The molecule has 0 saturated carbocycles. The van der Waals surface area contributed by atoms with E-state index in [-0.39, 0.29) is 5.91 Å². The topological polar surface area (TPSA) is 44.4 Å². The molecule has 0 aromatic heterocycles. The molecule has 0 atom stereocenters. The summed E-state index contributed by atoms with van der Waals surface area (Å²) in [5, 5.41) is 6.02. The molecule has 18 heavy (non-hydrogen) atoms. The monoisotopic (exact) mass is 247 g/mol. The highest BCUT2D eigenvalue weighted by Crippen LogP contribution is 2.13. The number of carbonyl (C=O) groups is 1. The lowest BCUT2D eigenvalue weighted by Crippen LogP contribution is -2.33. The van der Waals surface area contributed by atoms with Gasteiger partial charge in [-0.2, -0.15) is 0 Å². The minimum absolute atomic E-state index is 0.000790. The maximum Gasteiger partial charge on any atom is 0.253 e. The minimum Gasteiger partial charge on any atom is -0.387 e. The van der Waals surface area contributed by atoms with Crippen molar-refractivity contribution in [3.63, 3.8) is 0 Å². The Bertz CT molecular complexity index is 400. The van der Waals surface area contributed by atoms with Gasteiger partial charge in [-0.05, 0) is 38.1 Å². The van der Waals surface area contributed by atoms with Crippen LogP contribution < -0.4 is 10.6 Å². The molecule has 0 radical (unpaired) electrons. The van der Waals surface area contributed by atoms with Crippen LogP contribution in [0.3, 0.4) is 0 Å². The fraction of sp³-hybridized carbons (Fsp3) is 0.500. The predicted molar refractivity (Wildman–Crippen MR) is 74.0 cm³/mol. The Morgan fingerprint density at radius 3 is 2.72 bits per heavy atom. The molecule has 1 saturated heterocycles. The van der Waals surface area contributed by atoms with Gasteiger partial charge < -0.3 is 15.5 Å². The molecule has 4 heteroatoms. The van der Waals surface area contributed by atoms with Gasteiger partial charge in [-0.3, -0.25) is 4.79 Å².